The highest BCUT2D eigenvalue weighted by atomic mass is 35.5. The zero-order chi connectivity index (χ0) is 22.2. The lowest BCUT2D eigenvalue weighted by Crippen LogP contribution is -2.36. The van der Waals surface area contributed by atoms with E-state index in [9.17, 15) is 0 Å². The number of halogens is 4. The number of benzene rings is 4. The minimum Gasteiger partial charge on any atom is -0.245 e. The van der Waals surface area contributed by atoms with Gasteiger partial charge < -0.3 is 0 Å². The summed E-state index contributed by atoms with van der Waals surface area (Å²) < 4.78 is 0. The van der Waals surface area contributed by atoms with Gasteiger partial charge in [-0.3, -0.25) is 0 Å². The monoisotopic (exact) mass is 494 g/mol. The molecule has 0 unspecified atom stereocenters. The maximum atomic E-state index is 6.67. The molecule has 0 bridgehead atoms. The third-order valence-electron chi connectivity index (χ3n) is 5.11. The molecule has 0 atom stereocenters. The molecular weight excluding hydrogens is 482 g/mol. The van der Waals surface area contributed by atoms with Crippen LogP contribution in [0.1, 0.15) is 11.1 Å². The van der Waals surface area contributed by atoms with E-state index in [0.717, 1.165) is 21.6 Å². The Hall–Kier alpha value is -2.62. The van der Waals surface area contributed by atoms with Gasteiger partial charge in [-0.1, -0.05) is 107 Å². The molecule has 32 heavy (non-hydrogen) atoms. The molecule has 5 rings (SSSR count). The van der Waals surface area contributed by atoms with E-state index >= 15 is 0 Å². The molecule has 1 heterocycles. The van der Waals surface area contributed by atoms with Crippen molar-refractivity contribution in [2.75, 3.05) is 0 Å². The van der Waals surface area contributed by atoms with Gasteiger partial charge in [0.15, 0.2) is 0 Å². The number of hydrogen-bond acceptors (Lipinski definition) is 2. The minimum atomic E-state index is 0.432. The number of fused-ring (bicyclic) bond motifs is 2. The van der Waals surface area contributed by atoms with Crippen LogP contribution < -0.4 is 21.2 Å². The first-order valence-corrected chi connectivity index (χ1v) is 11.3. The normalized spacial score (nSPS) is 18.2. The second kappa shape index (κ2) is 8.73. The molecule has 1 aliphatic rings. The molecule has 0 aliphatic carbocycles. The Kier molecular flexibility index (Phi) is 5.79. The van der Waals surface area contributed by atoms with Crippen LogP contribution in [0.2, 0.25) is 20.1 Å². The summed E-state index contributed by atoms with van der Waals surface area (Å²) in [5.74, 6) is 0. The minimum absolute atomic E-state index is 0.432. The quantitative estimate of drug-likeness (QED) is 0.347. The van der Waals surface area contributed by atoms with Crippen LogP contribution in [0.5, 0.6) is 0 Å². The zero-order valence-electron chi connectivity index (χ0n) is 16.5. The highest BCUT2D eigenvalue weighted by Crippen LogP contribution is 2.19. The van der Waals surface area contributed by atoms with Crippen LogP contribution in [0.25, 0.3) is 11.4 Å². The van der Waals surface area contributed by atoms with Gasteiger partial charge in [0.1, 0.15) is 0 Å². The zero-order valence-corrected chi connectivity index (χ0v) is 19.5. The van der Waals surface area contributed by atoms with Crippen LogP contribution in [0.15, 0.2) is 94.9 Å². The van der Waals surface area contributed by atoms with Crippen molar-refractivity contribution in [1.82, 2.24) is 0 Å². The molecule has 0 spiro atoms. The predicted molar refractivity (Wildman–Crippen MR) is 132 cm³/mol. The number of nitrogens with zero attached hydrogens (tertiary/aromatic N) is 2. The summed E-state index contributed by atoms with van der Waals surface area (Å²) in [6.45, 7) is 0. The van der Waals surface area contributed by atoms with Gasteiger partial charge in [0.25, 0.3) is 0 Å². The first-order valence-electron chi connectivity index (χ1n) is 9.78. The molecule has 0 saturated carbocycles. The highest BCUT2D eigenvalue weighted by molar-refractivity contribution is 6.35. The summed E-state index contributed by atoms with van der Waals surface area (Å²) in [6.07, 6.45) is 0. The second-order valence-corrected chi connectivity index (χ2v) is 8.91. The molecule has 4 aromatic carbocycles. The molecular formula is C26H14Cl4N2. The van der Waals surface area contributed by atoms with Crippen LogP contribution in [0.4, 0.5) is 0 Å². The van der Waals surface area contributed by atoms with Crippen LogP contribution in [0.3, 0.4) is 0 Å². The van der Waals surface area contributed by atoms with Crippen molar-refractivity contribution in [2.45, 2.75) is 0 Å². The van der Waals surface area contributed by atoms with E-state index in [-0.39, 0.29) is 0 Å². The van der Waals surface area contributed by atoms with Gasteiger partial charge in [0.05, 0.1) is 32.2 Å². The Morgan fingerprint density at radius 2 is 0.844 bits per heavy atom. The van der Waals surface area contributed by atoms with Crippen LogP contribution in [-0.2, 0) is 0 Å². The Bertz CT molecular complexity index is 1470. The van der Waals surface area contributed by atoms with E-state index in [2.05, 4.69) is 0 Å². The molecule has 1 aliphatic heterocycles. The van der Waals surface area contributed by atoms with Gasteiger partial charge in [-0.05, 0) is 24.3 Å². The van der Waals surface area contributed by atoms with Crippen molar-refractivity contribution >= 4 is 57.8 Å². The molecule has 4 aromatic rings. The van der Waals surface area contributed by atoms with Crippen LogP contribution >= 0.6 is 46.4 Å². The molecule has 0 N–H and O–H groups in total. The summed E-state index contributed by atoms with van der Waals surface area (Å²) in [7, 11) is 0. The van der Waals surface area contributed by atoms with Gasteiger partial charge in [0.2, 0.25) is 0 Å². The first-order chi connectivity index (χ1) is 15.5. The summed E-state index contributed by atoms with van der Waals surface area (Å²) in [4.78, 5) is 10.1. The fourth-order valence-corrected chi connectivity index (χ4v) is 4.77. The Balaban J connectivity index is 2.08. The molecule has 0 amide bonds. The first kappa shape index (κ1) is 21.2. The maximum absolute atomic E-state index is 6.67. The SMILES string of the molecule is Clc1cc(Cl)c2/c(c1)=C(c1ccccc1)\N=c1/c(Cl)cc(Cl)c/c1=C(c1ccccc1)/N=2. The van der Waals surface area contributed by atoms with Gasteiger partial charge in [-0.15, -0.1) is 0 Å². The van der Waals surface area contributed by atoms with Crippen molar-refractivity contribution in [3.8, 4) is 0 Å². The van der Waals surface area contributed by atoms with E-state index in [1.54, 1.807) is 12.1 Å². The fraction of sp³-hybridized carbons (Fsp3) is 0. The second-order valence-electron chi connectivity index (χ2n) is 7.22. The van der Waals surface area contributed by atoms with E-state index in [0.29, 0.717) is 42.2 Å². The summed E-state index contributed by atoms with van der Waals surface area (Å²) in [6, 6.07) is 26.6. The van der Waals surface area contributed by atoms with Crippen LogP contribution in [0, 0.1) is 0 Å². The van der Waals surface area contributed by atoms with Crippen molar-refractivity contribution in [1.29, 1.82) is 0 Å². The average Bonchev–Trinajstić information content (AvgIpc) is 2.77. The predicted octanol–water partition coefficient (Wildman–Crippen LogP) is 5.57. The lowest BCUT2D eigenvalue weighted by molar-refractivity contribution is 1.20. The summed E-state index contributed by atoms with van der Waals surface area (Å²) in [5, 5.41) is 4.46. The van der Waals surface area contributed by atoms with E-state index in [1.165, 1.54) is 0 Å². The van der Waals surface area contributed by atoms with Crippen LogP contribution in [-0.4, -0.2) is 0 Å². The molecule has 156 valence electrons. The maximum Gasteiger partial charge on any atom is 0.0918 e. The topological polar surface area (TPSA) is 24.7 Å². The summed E-state index contributed by atoms with van der Waals surface area (Å²) >= 11 is 26.1. The number of hydrogen-bond donors (Lipinski definition) is 0. The molecule has 2 nitrogen and oxygen atoms in total. The van der Waals surface area contributed by atoms with E-state index < -0.39 is 0 Å². The van der Waals surface area contributed by atoms with Crippen molar-refractivity contribution < 1.29 is 0 Å². The van der Waals surface area contributed by atoms with Crippen molar-refractivity contribution in [3.63, 3.8) is 0 Å². The van der Waals surface area contributed by atoms with Crippen molar-refractivity contribution in [2.24, 2.45) is 9.98 Å². The third-order valence-corrected chi connectivity index (χ3v) is 6.12. The molecule has 0 fully saturated rings. The van der Waals surface area contributed by atoms with E-state index in [4.69, 9.17) is 56.4 Å². The van der Waals surface area contributed by atoms with Gasteiger partial charge in [-0.25, -0.2) is 9.98 Å². The lowest BCUT2D eigenvalue weighted by atomic mass is 10.1. The Labute approximate surface area is 204 Å². The average molecular weight is 496 g/mol. The molecule has 0 saturated heterocycles. The molecule has 6 heteroatoms. The highest BCUT2D eigenvalue weighted by Gasteiger charge is 2.14. The third kappa shape index (κ3) is 3.96. The Morgan fingerprint density at radius 3 is 1.22 bits per heavy atom. The standard InChI is InChI=1S/C26H14Cl4N2/c27-17-11-19-23(15-7-3-1-4-8-15)31-26-20(12-18(28)14-22(26)30)24(16-9-5-2-6-10-16)32-25(19)21(29)13-17/h1-14H/b23-19-,24-20-,31-23?,31-26-,32-24?,32-25-. The van der Waals surface area contributed by atoms with Gasteiger partial charge in [-0.2, -0.15) is 0 Å². The van der Waals surface area contributed by atoms with E-state index in [1.807, 2.05) is 72.8 Å². The lowest BCUT2D eigenvalue weighted by Gasteiger charge is -2.11. The fourth-order valence-electron chi connectivity index (χ4n) is 3.70. The molecule has 0 radical (unpaired) electrons. The summed E-state index contributed by atoms with van der Waals surface area (Å²) in [5.41, 5.74) is 3.13. The smallest absolute Gasteiger partial charge is 0.0918 e. The van der Waals surface area contributed by atoms with Gasteiger partial charge in [0, 0.05) is 31.6 Å². The van der Waals surface area contributed by atoms with Crippen molar-refractivity contribution in [3.05, 3.63) is 137 Å². The molecule has 0 aromatic heterocycles. The number of rotatable bonds is 2. The largest absolute Gasteiger partial charge is 0.245 e. The van der Waals surface area contributed by atoms with Gasteiger partial charge >= 0.3 is 0 Å². The Morgan fingerprint density at radius 1 is 0.469 bits per heavy atom.